The van der Waals surface area contributed by atoms with Crippen molar-refractivity contribution in [3.8, 4) is 0 Å². The number of amides is 1. The van der Waals surface area contributed by atoms with Crippen LogP contribution in [0, 0.1) is 0 Å². The summed E-state index contributed by atoms with van der Waals surface area (Å²) in [6.07, 6.45) is 49.5. The van der Waals surface area contributed by atoms with E-state index < -0.39 is 28.0 Å². The average molecular weight is 722 g/mol. The smallest absolute Gasteiger partial charge is 0.267 e. The third kappa shape index (κ3) is 37.6. The van der Waals surface area contributed by atoms with E-state index in [9.17, 15) is 22.9 Å². The van der Waals surface area contributed by atoms with Gasteiger partial charge in [0.05, 0.1) is 17.9 Å². The van der Waals surface area contributed by atoms with E-state index in [2.05, 4.69) is 55.6 Å². The van der Waals surface area contributed by atoms with Gasteiger partial charge in [-0.3, -0.25) is 9.35 Å². The number of allylic oxidation sites excluding steroid dienone is 7. The summed E-state index contributed by atoms with van der Waals surface area (Å²) in [6, 6.07) is -1.07. The number of rotatable bonds is 37. The van der Waals surface area contributed by atoms with Gasteiger partial charge in [0.25, 0.3) is 10.1 Å². The Morgan fingerprint density at radius 2 is 0.960 bits per heavy atom. The van der Waals surface area contributed by atoms with Crippen LogP contribution in [-0.4, -0.2) is 41.9 Å². The highest BCUT2D eigenvalue weighted by atomic mass is 32.2. The van der Waals surface area contributed by atoms with Crippen LogP contribution in [0.4, 0.5) is 0 Å². The summed E-state index contributed by atoms with van der Waals surface area (Å²) >= 11 is 0. The summed E-state index contributed by atoms with van der Waals surface area (Å²) in [5.41, 5.74) is 0. The number of aliphatic hydroxyl groups excluding tert-OH is 1. The van der Waals surface area contributed by atoms with Crippen molar-refractivity contribution in [2.24, 2.45) is 0 Å². The van der Waals surface area contributed by atoms with Gasteiger partial charge >= 0.3 is 0 Å². The molecule has 0 aromatic rings. The Kier molecular flexibility index (Phi) is 35.8. The van der Waals surface area contributed by atoms with E-state index in [1.165, 1.54) is 103 Å². The van der Waals surface area contributed by atoms with Crippen molar-refractivity contribution in [3.05, 3.63) is 48.6 Å². The molecule has 2 atom stereocenters. The molecule has 0 aliphatic carbocycles. The van der Waals surface area contributed by atoms with Crippen LogP contribution in [0.15, 0.2) is 48.6 Å². The molecule has 50 heavy (non-hydrogen) atoms. The Morgan fingerprint density at radius 1 is 0.560 bits per heavy atom. The summed E-state index contributed by atoms with van der Waals surface area (Å²) in [6.45, 7) is 4.41. The third-order valence-corrected chi connectivity index (χ3v) is 10.0. The first-order valence-corrected chi connectivity index (χ1v) is 22.4. The summed E-state index contributed by atoms with van der Waals surface area (Å²) < 4.78 is 32.5. The fourth-order valence-corrected chi connectivity index (χ4v) is 6.90. The molecule has 3 N–H and O–H groups in total. The molecule has 0 heterocycles. The zero-order valence-electron chi connectivity index (χ0n) is 32.5. The molecular formula is C43H79NO5S. The molecule has 0 aliphatic rings. The molecule has 0 spiro atoms. The highest BCUT2D eigenvalue weighted by Crippen LogP contribution is 2.15. The van der Waals surface area contributed by atoms with Crippen molar-refractivity contribution >= 4 is 16.0 Å². The first-order chi connectivity index (χ1) is 24.3. The lowest BCUT2D eigenvalue weighted by Gasteiger charge is -2.21. The molecule has 0 radical (unpaired) electrons. The van der Waals surface area contributed by atoms with Gasteiger partial charge in [0.2, 0.25) is 5.91 Å². The van der Waals surface area contributed by atoms with E-state index in [4.69, 9.17) is 0 Å². The quantitative estimate of drug-likeness (QED) is 0.0336. The zero-order chi connectivity index (χ0) is 36.8. The van der Waals surface area contributed by atoms with Crippen molar-refractivity contribution in [3.63, 3.8) is 0 Å². The van der Waals surface area contributed by atoms with Crippen molar-refractivity contribution in [1.82, 2.24) is 5.32 Å². The van der Waals surface area contributed by atoms with Gasteiger partial charge in [-0.2, -0.15) is 8.42 Å². The SMILES string of the molecule is CC/C=C\C/C=C\C/C=C\CCCCCCCC(=O)NC(CS(=O)(=O)O)C(O)/C=C/CCCCCCCCCCCCCCCCCCCC. The second-order valence-corrected chi connectivity index (χ2v) is 15.7. The minimum atomic E-state index is -4.35. The molecule has 0 fully saturated rings. The lowest BCUT2D eigenvalue weighted by molar-refractivity contribution is -0.122. The van der Waals surface area contributed by atoms with Gasteiger partial charge in [-0.1, -0.05) is 191 Å². The molecule has 1 amide bonds. The standard InChI is InChI=1S/C43H79NO5S/c1-3-5-7-9-11-13-15-17-19-20-21-22-23-25-26-28-30-32-34-36-38-42(45)41(40-50(47,48)49)44-43(46)39-37-35-33-31-29-27-24-18-16-14-12-10-8-6-4-2/h6,8,12,14,18,24,36,38,41-42,45H,3-5,7,9-11,13,15-17,19-23,25-35,37,39-40H2,1-2H3,(H,44,46)(H,47,48,49)/b8-6-,14-12-,24-18-,38-36+. The van der Waals surface area contributed by atoms with Crippen molar-refractivity contribution < 1.29 is 22.9 Å². The molecule has 6 nitrogen and oxygen atoms in total. The Balaban J connectivity index is 3.92. The van der Waals surface area contributed by atoms with Gasteiger partial charge in [-0.15, -0.1) is 0 Å². The summed E-state index contributed by atoms with van der Waals surface area (Å²) in [7, 11) is -4.35. The van der Waals surface area contributed by atoms with E-state index in [0.717, 1.165) is 70.6 Å². The van der Waals surface area contributed by atoms with Crippen LogP contribution in [0.3, 0.4) is 0 Å². The number of nitrogens with one attached hydrogen (secondary N) is 1. The van der Waals surface area contributed by atoms with Gasteiger partial charge in [-0.05, 0) is 51.4 Å². The molecule has 0 aromatic heterocycles. The van der Waals surface area contributed by atoms with Gasteiger partial charge in [0.15, 0.2) is 0 Å². The molecule has 7 heteroatoms. The predicted molar refractivity (Wildman–Crippen MR) is 216 cm³/mol. The lowest BCUT2D eigenvalue weighted by atomic mass is 10.0. The first-order valence-electron chi connectivity index (χ1n) is 20.8. The molecule has 0 aliphatic heterocycles. The maximum Gasteiger partial charge on any atom is 0.267 e. The van der Waals surface area contributed by atoms with Crippen LogP contribution in [0.1, 0.15) is 200 Å². The third-order valence-electron chi connectivity index (χ3n) is 9.26. The number of carbonyl (C=O) groups excluding carboxylic acids is 1. The number of aliphatic hydroxyl groups is 1. The normalized spacial score (nSPS) is 13.8. The van der Waals surface area contributed by atoms with Crippen molar-refractivity contribution in [2.75, 3.05) is 5.75 Å². The van der Waals surface area contributed by atoms with Crippen LogP contribution >= 0.6 is 0 Å². The number of carbonyl (C=O) groups is 1. The van der Waals surface area contributed by atoms with Crippen LogP contribution in [-0.2, 0) is 14.9 Å². The zero-order valence-corrected chi connectivity index (χ0v) is 33.3. The van der Waals surface area contributed by atoms with E-state index in [0.29, 0.717) is 6.42 Å². The fourth-order valence-electron chi connectivity index (χ4n) is 6.17. The Hall–Kier alpha value is -1.70. The van der Waals surface area contributed by atoms with E-state index >= 15 is 0 Å². The number of hydrogen-bond acceptors (Lipinski definition) is 4. The second kappa shape index (κ2) is 37.1. The molecule has 292 valence electrons. The van der Waals surface area contributed by atoms with Gasteiger partial charge in [0, 0.05) is 6.42 Å². The molecule has 0 aromatic carbocycles. The van der Waals surface area contributed by atoms with Gasteiger partial charge in [-0.25, -0.2) is 0 Å². The largest absolute Gasteiger partial charge is 0.387 e. The fraction of sp³-hybridized carbons (Fsp3) is 0.791. The average Bonchev–Trinajstić information content (AvgIpc) is 3.08. The van der Waals surface area contributed by atoms with Crippen LogP contribution in [0.5, 0.6) is 0 Å². The molecule has 2 unspecified atom stereocenters. The lowest BCUT2D eigenvalue weighted by Crippen LogP contribution is -2.46. The van der Waals surface area contributed by atoms with Crippen LogP contribution in [0.25, 0.3) is 0 Å². The van der Waals surface area contributed by atoms with Crippen LogP contribution < -0.4 is 5.32 Å². The number of unbranched alkanes of at least 4 members (excludes halogenated alkanes) is 23. The summed E-state index contributed by atoms with van der Waals surface area (Å²) in [5, 5.41) is 13.2. The maximum absolute atomic E-state index is 12.5. The highest BCUT2D eigenvalue weighted by Gasteiger charge is 2.24. The van der Waals surface area contributed by atoms with Crippen molar-refractivity contribution in [2.45, 2.75) is 212 Å². The molecule has 0 saturated carbocycles. The monoisotopic (exact) mass is 722 g/mol. The minimum absolute atomic E-state index is 0.275. The van der Waals surface area contributed by atoms with E-state index in [1.54, 1.807) is 6.08 Å². The summed E-state index contributed by atoms with van der Waals surface area (Å²) in [5.74, 6) is -1.00. The number of hydrogen-bond donors (Lipinski definition) is 3. The minimum Gasteiger partial charge on any atom is -0.387 e. The Labute approximate surface area is 309 Å². The predicted octanol–water partition coefficient (Wildman–Crippen LogP) is 12.3. The molecule has 0 bridgehead atoms. The van der Waals surface area contributed by atoms with Crippen molar-refractivity contribution in [1.29, 1.82) is 0 Å². The first kappa shape index (κ1) is 48.3. The molecule has 0 rings (SSSR count). The van der Waals surface area contributed by atoms with E-state index in [-0.39, 0.29) is 12.3 Å². The molecule has 0 saturated heterocycles. The van der Waals surface area contributed by atoms with E-state index in [1.807, 2.05) is 6.08 Å². The van der Waals surface area contributed by atoms with Gasteiger partial charge in [0.1, 0.15) is 0 Å². The highest BCUT2D eigenvalue weighted by molar-refractivity contribution is 7.85. The molecular weight excluding hydrogens is 643 g/mol. The maximum atomic E-state index is 12.5. The second-order valence-electron chi connectivity index (χ2n) is 14.2. The Bertz CT molecular complexity index is 972. The summed E-state index contributed by atoms with van der Waals surface area (Å²) in [4.78, 5) is 12.5. The van der Waals surface area contributed by atoms with Gasteiger partial charge < -0.3 is 10.4 Å². The van der Waals surface area contributed by atoms with Crippen LogP contribution in [0.2, 0.25) is 0 Å². The Morgan fingerprint density at radius 3 is 1.42 bits per heavy atom. The topological polar surface area (TPSA) is 104 Å².